The molecule has 120 valence electrons. The number of hydrogen-bond acceptors (Lipinski definition) is 3. The summed E-state index contributed by atoms with van der Waals surface area (Å²) in [7, 11) is -2.72. The second-order valence-corrected chi connectivity index (χ2v) is 8.59. The first-order chi connectivity index (χ1) is 9.57. The standard InChI is InChI=1S/C16H33NO2S/c1-3-5-6-7-8-9-16(17-11-4-2)13-15-10-12-20(18,19)14-15/h15-17H,3-14H2,1-2H3. The molecule has 1 saturated heterocycles. The first-order valence-electron chi connectivity index (χ1n) is 8.51. The highest BCUT2D eigenvalue weighted by Crippen LogP contribution is 2.24. The Bertz CT molecular complexity index is 340. The zero-order chi connectivity index (χ0) is 14.8. The largest absolute Gasteiger partial charge is 0.314 e. The monoisotopic (exact) mass is 303 g/mol. The lowest BCUT2D eigenvalue weighted by molar-refractivity contribution is 0.375. The molecule has 2 atom stereocenters. The Morgan fingerprint density at radius 2 is 1.85 bits per heavy atom. The van der Waals surface area contributed by atoms with Gasteiger partial charge in [-0.05, 0) is 38.1 Å². The Hall–Kier alpha value is -0.0900. The van der Waals surface area contributed by atoms with Crippen LogP contribution in [0, 0.1) is 5.92 Å². The van der Waals surface area contributed by atoms with Gasteiger partial charge >= 0.3 is 0 Å². The normalized spacial score (nSPS) is 23.0. The van der Waals surface area contributed by atoms with E-state index in [0.29, 0.717) is 23.5 Å². The van der Waals surface area contributed by atoms with Gasteiger partial charge < -0.3 is 5.32 Å². The second kappa shape index (κ2) is 9.78. The van der Waals surface area contributed by atoms with E-state index in [0.717, 1.165) is 25.8 Å². The Morgan fingerprint density at radius 1 is 1.10 bits per heavy atom. The summed E-state index contributed by atoms with van der Waals surface area (Å²) in [6, 6.07) is 0.523. The highest BCUT2D eigenvalue weighted by molar-refractivity contribution is 7.91. The maximum atomic E-state index is 11.5. The van der Waals surface area contributed by atoms with Gasteiger partial charge in [-0.1, -0.05) is 46.0 Å². The molecule has 0 saturated carbocycles. The van der Waals surface area contributed by atoms with Gasteiger partial charge in [0, 0.05) is 6.04 Å². The highest BCUT2D eigenvalue weighted by Gasteiger charge is 2.29. The number of rotatable bonds is 11. The predicted octanol–water partition coefficient (Wildman–Crippen LogP) is 3.54. The van der Waals surface area contributed by atoms with Crippen molar-refractivity contribution in [2.24, 2.45) is 5.92 Å². The van der Waals surface area contributed by atoms with Crippen molar-refractivity contribution in [3.05, 3.63) is 0 Å². The average Bonchev–Trinajstić information content (AvgIpc) is 2.74. The molecule has 0 spiro atoms. The third kappa shape index (κ3) is 7.63. The first kappa shape index (κ1) is 18.0. The van der Waals surface area contributed by atoms with Crippen LogP contribution in [0.1, 0.15) is 71.6 Å². The number of nitrogens with one attached hydrogen (secondary N) is 1. The van der Waals surface area contributed by atoms with Crippen molar-refractivity contribution in [1.82, 2.24) is 5.32 Å². The predicted molar refractivity (Wildman–Crippen MR) is 86.8 cm³/mol. The molecule has 1 aliphatic rings. The summed E-state index contributed by atoms with van der Waals surface area (Å²) in [6.45, 7) is 5.48. The minimum atomic E-state index is -2.72. The summed E-state index contributed by atoms with van der Waals surface area (Å²) in [4.78, 5) is 0. The fourth-order valence-corrected chi connectivity index (χ4v) is 4.99. The van der Waals surface area contributed by atoms with Crippen molar-refractivity contribution in [1.29, 1.82) is 0 Å². The highest BCUT2D eigenvalue weighted by atomic mass is 32.2. The molecule has 1 aliphatic heterocycles. The third-order valence-corrected chi connectivity index (χ3v) is 6.12. The van der Waals surface area contributed by atoms with E-state index in [1.807, 2.05) is 0 Å². The number of unbranched alkanes of at least 4 members (excludes halogenated alkanes) is 4. The molecule has 1 heterocycles. The summed E-state index contributed by atoms with van der Waals surface area (Å²) in [5, 5.41) is 3.62. The molecule has 0 amide bonds. The van der Waals surface area contributed by atoms with Crippen molar-refractivity contribution >= 4 is 9.84 Å². The molecule has 0 aromatic heterocycles. The van der Waals surface area contributed by atoms with Gasteiger partial charge in [-0.2, -0.15) is 0 Å². The van der Waals surface area contributed by atoms with Crippen LogP contribution in [0.25, 0.3) is 0 Å². The molecule has 0 aromatic carbocycles. The van der Waals surface area contributed by atoms with Gasteiger partial charge in [-0.25, -0.2) is 8.42 Å². The van der Waals surface area contributed by atoms with Crippen LogP contribution in [-0.2, 0) is 9.84 Å². The number of hydrogen-bond donors (Lipinski definition) is 1. The summed E-state index contributed by atoms with van der Waals surface area (Å²) in [5.41, 5.74) is 0. The second-order valence-electron chi connectivity index (χ2n) is 6.36. The lowest BCUT2D eigenvalue weighted by atomic mass is 9.95. The van der Waals surface area contributed by atoms with Crippen LogP contribution in [0.5, 0.6) is 0 Å². The molecule has 1 rings (SSSR count). The van der Waals surface area contributed by atoms with Gasteiger partial charge in [-0.3, -0.25) is 0 Å². The molecule has 20 heavy (non-hydrogen) atoms. The van der Waals surface area contributed by atoms with E-state index in [1.165, 1.54) is 38.5 Å². The van der Waals surface area contributed by atoms with E-state index in [2.05, 4.69) is 19.2 Å². The average molecular weight is 304 g/mol. The Kier molecular flexibility index (Phi) is 8.78. The molecule has 1 fully saturated rings. The molecular formula is C16H33NO2S. The van der Waals surface area contributed by atoms with Gasteiger partial charge in [0.05, 0.1) is 11.5 Å². The smallest absolute Gasteiger partial charge is 0.150 e. The molecule has 0 aromatic rings. The Labute approximate surface area is 125 Å². The van der Waals surface area contributed by atoms with Crippen LogP contribution in [-0.4, -0.2) is 32.5 Å². The topological polar surface area (TPSA) is 46.2 Å². The van der Waals surface area contributed by atoms with Crippen molar-refractivity contribution in [3.8, 4) is 0 Å². The quantitative estimate of drug-likeness (QED) is 0.594. The van der Waals surface area contributed by atoms with Gasteiger partial charge in [0.25, 0.3) is 0 Å². The van der Waals surface area contributed by atoms with Crippen molar-refractivity contribution in [2.45, 2.75) is 77.7 Å². The van der Waals surface area contributed by atoms with E-state index in [1.54, 1.807) is 0 Å². The van der Waals surface area contributed by atoms with Crippen LogP contribution in [0.2, 0.25) is 0 Å². The Balaban J connectivity index is 2.28. The summed E-state index contributed by atoms with van der Waals surface area (Å²) >= 11 is 0. The van der Waals surface area contributed by atoms with Crippen molar-refractivity contribution in [2.75, 3.05) is 18.1 Å². The van der Waals surface area contributed by atoms with E-state index in [4.69, 9.17) is 0 Å². The lowest BCUT2D eigenvalue weighted by Crippen LogP contribution is -2.32. The van der Waals surface area contributed by atoms with Gasteiger partial charge in [0.15, 0.2) is 9.84 Å². The van der Waals surface area contributed by atoms with Gasteiger partial charge in [-0.15, -0.1) is 0 Å². The Morgan fingerprint density at radius 3 is 2.45 bits per heavy atom. The van der Waals surface area contributed by atoms with Crippen molar-refractivity contribution in [3.63, 3.8) is 0 Å². The summed E-state index contributed by atoms with van der Waals surface area (Å²) in [6.07, 6.45) is 10.9. The van der Waals surface area contributed by atoms with Crippen LogP contribution < -0.4 is 5.32 Å². The molecule has 1 N–H and O–H groups in total. The van der Waals surface area contributed by atoms with Crippen LogP contribution in [0.3, 0.4) is 0 Å². The molecule has 4 heteroatoms. The third-order valence-electron chi connectivity index (χ3n) is 4.28. The fraction of sp³-hybridized carbons (Fsp3) is 1.00. The maximum absolute atomic E-state index is 11.5. The number of sulfone groups is 1. The molecule has 3 nitrogen and oxygen atoms in total. The van der Waals surface area contributed by atoms with E-state index in [-0.39, 0.29) is 0 Å². The van der Waals surface area contributed by atoms with E-state index >= 15 is 0 Å². The van der Waals surface area contributed by atoms with Gasteiger partial charge in [0.1, 0.15) is 0 Å². The maximum Gasteiger partial charge on any atom is 0.150 e. The zero-order valence-electron chi connectivity index (χ0n) is 13.4. The minimum Gasteiger partial charge on any atom is -0.314 e. The van der Waals surface area contributed by atoms with Crippen LogP contribution >= 0.6 is 0 Å². The summed E-state index contributed by atoms with van der Waals surface area (Å²) in [5.74, 6) is 1.23. The van der Waals surface area contributed by atoms with Crippen LogP contribution in [0.4, 0.5) is 0 Å². The van der Waals surface area contributed by atoms with E-state index < -0.39 is 9.84 Å². The molecule has 0 radical (unpaired) electrons. The first-order valence-corrected chi connectivity index (χ1v) is 10.3. The molecule has 2 unspecified atom stereocenters. The minimum absolute atomic E-state index is 0.394. The zero-order valence-corrected chi connectivity index (χ0v) is 14.2. The molecule has 0 aliphatic carbocycles. The molecular weight excluding hydrogens is 270 g/mol. The van der Waals surface area contributed by atoms with Gasteiger partial charge in [0.2, 0.25) is 0 Å². The SMILES string of the molecule is CCCCCCCC(CC1CCS(=O)(=O)C1)NCCC. The van der Waals surface area contributed by atoms with E-state index in [9.17, 15) is 8.42 Å². The summed E-state index contributed by atoms with van der Waals surface area (Å²) < 4.78 is 23.1. The fourth-order valence-electron chi connectivity index (χ4n) is 3.11. The van der Waals surface area contributed by atoms with Crippen molar-refractivity contribution < 1.29 is 8.42 Å². The van der Waals surface area contributed by atoms with Crippen LogP contribution in [0.15, 0.2) is 0 Å². The molecule has 0 bridgehead atoms. The lowest BCUT2D eigenvalue weighted by Gasteiger charge is -2.21.